The number of amides is 2. The maximum Gasteiger partial charge on any atom is 0.411 e. The van der Waals surface area contributed by atoms with Crippen LogP contribution < -0.4 is 5.32 Å². The fourth-order valence-electron chi connectivity index (χ4n) is 4.57. The summed E-state index contributed by atoms with van der Waals surface area (Å²) in [6, 6.07) is 9.53. The van der Waals surface area contributed by atoms with Crippen LogP contribution in [0.4, 0.5) is 22.4 Å². The molecule has 2 fully saturated rings. The number of halogens is 4. The molecule has 2 unspecified atom stereocenters. The Morgan fingerprint density at radius 2 is 1.81 bits per heavy atom. The van der Waals surface area contributed by atoms with E-state index in [9.17, 15) is 27.2 Å². The standard InChI is InChI=1S/C26H29F4N3O3/c1-25(2,3)36-24(35)33-14-17(27)11-20(33)23(34)32-21(15-7-5-4-6-8-15)19-10-9-18(22(28)31-19)16-12-26(29,30)13-16/h4-10,16-17,20-21H,11-14H2,1-3H3,(H,32,34)/t17?,20-,21?/m1/s1. The topological polar surface area (TPSA) is 71.5 Å². The van der Waals surface area contributed by atoms with Gasteiger partial charge in [-0.25, -0.2) is 22.9 Å². The van der Waals surface area contributed by atoms with Gasteiger partial charge in [-0.05, 0) is 38.3 Å². The van der Waals surface area contributed by atoms with Gasteiger partial charge >= 0.3 is 6.09 Å². The summed E-state index contributed by atoms with van der Waals surface area (Å²) < 4.78 is 61.0. The van der Waals surface area contributed by atoms with Gasteiger partial charge in [0.2, 0.25) is 17.8 Å². The van der Waals surface area contributed by atoms with E-state index in [-0.39, 0.29) is 24.2 Å². The van der Waals surface area contributed by atoms with Crippen LogP contribution in [0.1, 0.15) is 68.8 Å². The van der Waals surface area contributed by atoms with Crippen LogP contribution in [-0.2, 0) is 9.53 Å². The Hall–Kier alpha value is -3.17. The third kappa shape index (κ3) is 5.79. The molecule has 1 aromatic carbocycles. The molecule has 2 aliphatic rings. The first kappa shape index (κ1) is 25.9. The maximum atomic E-state index is 14.9. The highest BCUT2D eigenvalue weighted by Gasteiger charge is 2.47. The number of hydrogen-bond donors (Lipinski definition) is 1. The van der Waals surface area contributed by atoms with Crippen molar-refractivity contribution in [1.82, 2.24) is 15.2 Å². The van der Waals surface area contributed by atoms with Crippen molar-refractivity contribution in [3.05, 3.63) is 65.2 Å². The van der Waals surface area contributed by atoms with Gasteiger partial charge in [0.25, 0.3) is 0 Å². The van der Waals surface area contributed by atoms with Crippen molar-refractivity contribution in [3.63, 3.8) is 0 Å². The summed E-state index contributed by atoms with van der Waals surface area (Å²) in [6.07, 6.45) is -3.28. The molecule has 10 heteroatoms. The molecule has 0 spiro atoms. The van der Waals surface area contributed by atoms with Gasteiger partial charge in [-0.15, -0.1) is 0 Å². The molecule has 6 nitrogen and oxygen atoms in total. The average Bonchev–Trinajstić information content (AvgIpc) is 3.17. The zero-order valence-corrected chi connectivity index (χ0v) is 20.3. The number of alkyl halides is 3. The highest BCUT2D eigenvalue weighted by atomic mass is 19.3. The van der Waals surface area contributed by atoms with E-state index in [2.05, 4.69) is 10.3 Å². The molecule has 0 radical (unpaired) electrons. The largest absolute Gasteiger partial charge is 0.444 e. The Bertz CT molecular complexity index is 1120. The molecule has 2 amide bonds. The van der Waals surface area contributed by atoms with E-state index in [4.69, 9.17) is 4.74 Å². The van der Waals surface area contributed by atoms with Crippen LogP contribution in [0, 0.1) is 5.95 Å². The summed E-state index contributed by atoms with van der Waals surface area (Å²) in [7, 11) is 0. The lowest BCUT2D eigenvalue weighted by Crippen LogP contribution is -2.48. The molecule has 3 atom stereocenters. The second kappa shape index (κ2) is 9.71. The van der Waals surface area contributed by atoms with Crippen molar-refractivity contribution in [2.24, 2.45) is 0 Å². The summed E-state index contributed by atoms with van der Waals surface area (Å²) in [4.78, 5) is 30.9. The molecule has 2 aromatic rings. The van der Waals surface area contributed by atoms with Crippen molar-refractivity contribution >= 4 is 12.0 Å². The SMILES string of the molecule is CC(C)(C)OC(=O)N1CC(F)C[C@@H]1C(=O)NC(c1ccccc1)c1ccc(C2CC(F)(F)C2)c(F)n1. The van der Waals surface area contributed by atoms with E-state index < -0.39 is 66.5 Å². The number of pyridine rings is 1. The van der Waals surface area contributed by atoms with E-state index in [0.29, 0.717) is 5.56 Å². The van der Waals surface area contributed by atoms with Gasteiger partial charge in [0.05, 0.1) is 18.3 Å². The van der Waals surface area contributed by atoms with E-state index in [1.165, 1.54) is 12.1 Å². The van der Waals surface area contributed by atoms with Crippen molar-refractivity contribution in [2.45, 2.75) is 75.7 Å². The van der Waals surface area contributed by atoms with E-state index in [1.807, 2.05) is 0 Å². The van der Waals surface area contributed by atoms with Gasteiger partial charge in [0.15, 0.2) is 0 Å². The Labute approximate surface area is 207 Å². The van der Waals surface area contributed by atoms with Crippen molar-refractivity contribution in [2.75, 3.05) is 6.54 Å². The summed E-state index contributed by atoms with van der Waals surface area (Å²) in [5, 5.41) is 2.77. The number of benzene rings is 1. The molecule has 1 aliphatic heterocycles. The van der Waals surface area contributed by atoms with Crippen LogP contribution in [0.2, 0.25) is 0 Å². The number of carbonyl (C=O) groups is 2. The van der Waals surface area contributed by atoms with Crippen LogP contribution in [-0.4, -0.2) is 52.2 Å². The van der Waals surface area contributed by atoms with Crippen LogP contribution >= 0.6 is 0 Å². The minimum Gasteiger partial charge on any atom is -0.444 e. The predicted molar refractivity (Wildman–Crippen MR) is 124 cm³/mol. The first-order chi connectivity index (χ1) is 16.8. The van der Waals surface area contributed by atoms with Crippen LogP contribution in [0.15, 0.2) is 42.5 Å². The Kier molecular flexibility index (Phi) is 6.99. The molecule has 2 heterocycles. The van der Waals surface area contributed by atoms with Gasteiger partial charge in [0.1, 0.15) is 17.8 Å². The zero-order chi connectivity index (χ0) is 26.3. The molecule has 194 valence electrons. The van der Waals surface area contributed by atoms with Crippen molar-refractivity contribution in [3.8, 4) is 0 Å². The fourth-order valence-corrected chi connectivity index (χ4v) is 4.57. The van der Waals surface area contributed by atoms with E-state index in [0.717, 1.165) is 4.90 Å². The summed E-state index contributed by atoms with van der Waals surface area (Å²) in [5.41, 5.74) is 0.0157. The fraction of sp³-hybridized carbons (Fsp3) is 0.500. The molecule has 1 N–H and O–H groups in total. The van der Waals surface area contributed by atoms with Gasteiger partial charge in [-0.3, -0.25) is 9.69 Å². The monoisotopic (exact) mass is 507 g/mol. The van der Waals surface area contributed by atoms with E-state index >= 15 is 0 Å². The number of nitrogens with one attached hydrogen (secondary N) is 1. The zero-order valence-electron chi connectivity index (χ0n) is 20.3. The number of rotatable bonds is 5. The second-order valence-corrected chi connectivity index (χ2v) is 10.4. The predicted octanol–water partition coefficient (Wildman–Crippen LogP) is 5.29. The first-order valence-corrected chi connectivity index (χ1v) is 11.9. The molecule has 1 aromatic heterocycles. The molecule has 0 bridgehead atoms. The summed E-state index contributed by atoms with van der Waals surface area (Å²) in [5.74, 6) is -4.93. The van der Waals surface area contributed by atoms with Crippen molar-refractivity contribution < 1.29 is 31.9 Å². The Balaban J connectivity index is 1.58. The van der Waals surface area contributed by atoms with E-state index in [1.54, 1.807) is 51.1 Å². The third-order valence-electron chi connectivity index (χ3n) is 6.32. The molecular weight excluding hydrogens is 478 g/mol. The number of nitrogens with zero attached hydrogens (tertiary/aromatic N) is 2. The molecule has 1 aliphatic carbocycles. The highest BCUT2D eigenvalue weighted by Crippen LogP contribution is 2.48. The Morgan fingerprint density at radius 1 is 1.14 bits per heavy atom. The second-order valence-electron chi connectivity index (χ2n) is 10.4. The summed E-state index contributed by atoms with van der Waals surface area (Å²) in [6.45, 7) is 4.73. The number of hydrogen-bond acceptors (Lipinski definition) is 4. The molecule has 4 rings (SSSR count). The first-order valence-electron chi connectivity index (χ1n) is 11.9. The van der Waals surface area contributed by atoms with Crippen molar-refractivity contribution in [1.29, 1.82) is 0 Å². The lowest BCUT2D eigenvalue weighted by molar-refractivity contribution is -0.126. The van der Waals surface area contributed by atoms with Gasteiger partial charge in [0, 0.05) is 24.8 Å². The number of likely N-dealkylation sites (tertiary alicyclic amines) is 1. The number of carbonyl (C=O) groups excluding carboxylic acids is 2. The van der Waals surface area contributed by atoms with Gasteiger partial charge in [-0.2, -0.15) is 4.39 Å². The lowest BCUT2D eigenvalue weighted by Gasteiger charge is -2.35. The van der Waals surface area contributed by atoms with Crippen LogP contribution in [0.25, 0.3) is 0 Å². The van der Waals surface area contributed by atoms with Gasteiger partial charge < -0.3 is 10.1 Å². The minimum absolute atomic E-state index is 0.106. The normalized spacial score (nSPS) is 22.6. The third-order valence-corrected chi connectivity index (χ3v) is 6.32. The lowest BCUT2D eigenvalue weighted by atomic mass is 9.77. The van der Waals surface area contributed by atoms with Crippen LogP contribution in [0.3, 0.4) is 0 Å². The smallest absolute Gasteiger partial charge is 0.411 e. The average molecular weight is 508 g/mol. The highest BCUT2D eigenvalue weighted by molar-refractivity contribution is 5.87. The summed E-state index contributed by atoms with van der Waals surface area (Å²) >= 11 is 0. The Morgan fingerprint density at radius 3 is 2.39 bits per heavy atom. The number of ether oxygens (including phenoxy) is 1. The van der Waals surface area contributed by atoms with Crippen LogP contribution in [0.5, 0.6) is 0 Å². The molecular formula is C26H29F4N3O3. The molecule has 1 saturated carbocycles. The number of aromatic nitrogens is 1. The van der Waals surface area contributed by atoms with Gasteiger partial charge in [-0.1, -0.05) is 36.4 Å². The molecule has 1 saturated heterocycles. The quantitative estimate of drug-likeness (QED) is 0.441. The maximum absolute atomic E-state index is 14.9. The minimum atomic E-state index is -2.80. The molecule has 36 heavy (non-hydrogen) atoms.